The van der Waals surface area contributed by atoms with E-state index < -0.39 is 11.7 Å². The molecule has 140 valence electrons. The van der Waals surface area contributed by atoms with Gasteiger partial charge in [0.1, 0.15) is 11.5 Å². The summed E-state index contributed by atoms with van der Waals surface area (Å²) >= 11 is 5.85. The maximum atomic E-state index is 12.5. The van der Waals surface area contributed by atoms with Gasteiger partial charge in [-0.05, 0) is 42.5 Å². The van der Waals surface area contributed by atoms with Gasteiger partial charge in [-0.25, -0.2) is 14.5 Å². The van der Waals surface area contributed by atoms with Gasteiger partial charge in [0.25, 0.3) is 5.56 Å². The highest BCUT2D eigenvalue weighted by atomic mass is 35.5. The molecule has 0 saturated heterocycles. The van der Waals surface area contributed by atoms with Gasteiger partial charge in [0.05, 0.1) is 23.3 Å². The van der Waals surface area contributed by atoms with E-state index in [2.05, 4.69) is 19.8 Å². The van der Waals surface area contributed by atoms with Crippen LogP contribution in [0.5, 0.6) is 17.2 Å². The Balaban J connectivity index is 1.66. The maximum absolute atomic E-state index is 12.5. The molecule has 0 aliphatic carbocycles. The number of H-pyrrole nitrogens is 1. The van der Waals surface area contributed by atoms with Crippen LogP contribution in [-0.2, 0) is 0 Å². The van der Waals surface area contributed by atoms with Crippen LogP contribution in [0.15, 0.2) is 59.7 Å². The first kappa shape index (κ1) is 17.6. The largest absolute Gasteiger partial charge is 0.511 e. The number of nitrogens with one attached hydrogen (secondary N) is 1. The molecule has 0 spiro atoms. The zero-order valence-corrected chi connectivity index (χ0v) is 14.8. The number of aromatic amines is 1. The minimum absolute atomic E-state index is 0.00181. The summed E-state index contributed by atoms with van der Waals surface area (Å²) in [7, 11) is 0. The van der Waals surface area contributed by atoms with Crippen LogP contribution in [0, 0.1) is 0 Å². The molecule has 0 unspecified atom stereocenters. The first-order chi connectivity index (χ1) is 13.5. The maximum Gasteiger partial charge on any atom is 0.511 e. The highest BCUT2D eigenvalue weighted by Gasteiger charge is 2.10. The van der Waals surface area contributed by atoms with E-state index >= 15 is 0 Å². The lowest BCUT2D eigenvalue weighted by atomic mass is 10.2. The van der Waals surface area contributed by atoms with E-state index in [1.54, 1.807) is 42.5 Å². The average Bonchev–Trinajstić information content (AvgIpc) is 3.12. The molecule has 0 amide bonds. The number of rotatable bonds is 4. The smallest absolute Gasteiger partial charge is 0.457 e. The lowest BCUT2D eigenvalue weighted by Gasteiger charge is -2.07. The molecule has 2 heterocycles. The minimum Gasteiger partial charge on any atom is -0.457 e. The van der Waals surface area contributed by atoms with E-state index in [1.807, 2.05) is 0 Å². The van der Waals surface area contributed by atoms with Crippen molar-refractivity contribution in [1.29, 1.82) is 0 Å². The van der Waals surface area contributed by atoms with E-state index in [0.29, 0.717) is 27.4 Å². The number of nitrogens with zero attached hydrogens (tertiary/aromatic N) is 3. The fourth-order valence-corrected chi connectivity index (χ4v) is 2.62. The Morgan fingerprint density at radius 3 is 2.61 bits per heavy atom. The molecule has 9 nitrogen and oxygen atoms in total. The summed E-state index contributed by atoms with van der Waals surface area (Å²) in [5.74, 6) is 1.16. The zero-order valence-electron chi connectivity index (χ0n) is 14.0. The normalized spacial score (nSPS) is 10.8. The fourth-order valence-electron chi connectivity index (χ4n) is 2.49. The van der Waals surface area contributed by atoms with Crippen molar-refractivity contribution in [3.8, 4) is 23.2 Å². The van der Waals surface area contributed by atoms with Crippen LogP contribution in [0.1, 0.15) is 0 Å². The Morgan fingerprint density at radius 1 is 1.11 bits per heavy atom. The van der Waals surface area contributed by atoms with Gasteiger partial charge in [0.15, 0.2) is 5.75 Å². The molecule has 0 saturated carbocycles. The Bertz CT molecular complexity index is 1230. The van der Waals surface area contributed by atoms with Crippen molar-refractivity contribution >= 4 is 28.7 Å². The van der Waals surface area contributed by atoms with E-state index in [9.17, 15) is 9.59 Å². The van der Waals surface area contributed by atoms with Gasteiger partial charge in [-0.2, -0.15) is 5.10 Å². The Kier molecular flexibility index (Phi) is 4.42. The number of benzene rings is 2. The number of hydrogen-bond donors (Lipinski definition) is 2. The molecule has 28 heavy (non-hydrogen) atoms. The van der Waals surface area contributed by atoms with Gasteiger partial charge in [-0.3, -0.25) is 9.78 Å². The molecule has 2 N–H and O–H groups in total. The van der Waals surface area contributed by atoms with Crippen molar-refractivity contribution in [2.24, 2.45) is 0 Å². The summed E-state index contributed by atoms with van der Waals surface area (Å²) in [6.07, 6.45) is 1.02. The number of fused-ring (bicyclic) bond motifs is 1. The van der Waals surface area contributed by atoms with Crippen molar-refractivity contribution in [2.75, 3.05) is 0 Å². The van der Waals surface area contributed by atoms with Gasteiger partial charge in [0.2, 0.25) is 5.95 Å². The van der Waals surface area contributed by atoms with Gasteiger partial charge >= 0.3 is 6.16 Å². The van der Waals surface area contributed by atoms with Gasteiger partial charge in [-0.1, -0.05) is 11.6 Å². The van der Waals surface area contributed by atoms with E-state index in [-0.39, 0.29) is 11.7 Å². The third kappa shape index (κ3) is 3.64. The number of carboxylic acid groups (broad SMARTS) is 1. The van der Waals surface area contributed by atoms with Gasteiger partial charge in [-0.15, -0.1) is 0 Å². The molecule has 0 aliphatic heterocycles. The van der Waals surface area contributed by atoms with Crippen molar-refractivity contribution in [3.63, 3.8) is 0 Å². The van der Waals surface area contributed by atoms with E-state index in [0.717, 1.165) is 0 Å². The Hall–Kier alpha value is -3.85. The van der Waals surface area contributed by atoms with Gasteiger partial charge < -0.3 is 14.6 Å². The molecular weight excluding hydrogens is 388 g/mol. The van der Waals surface area contributed by atoms with E-state index in [1.165, 1.54) is 17.1 Å². The summed E-state index contributed by atoms with van der Waals surface area (Å²) in [6, 6.07) is 11.7. The number of carbonyl (C=O) groups is 1. The van der Waals surface area contributed by atoms with Crippen LogP contribution >= 0.6 is 11.6 Å². The van der Waals surface area contributed by atoms with Crippen LogP contribution in [0.4, 0.5) is 4.79 Å². The summed E-state index contributed by atoms with van der Waals surface area (Å²) in [5, 5.41) is 13.5. The lowest BCUT2D eigenvalue weighted by Crippen LogP contribution is -2.13. The lowest BCUT2D eigenvalue weighted by molar-refractivity contribution is 0.144. The fraction of sp³-hybridized carbons (Fsp3) is 0. The molecule has 0 aliphatic rings. The number of aromatic nitrogens is 4. The quantitative estimate of drug-likeness (QED) is 0.504. The standard InChI is InChI=1S/C18H11ClN4O5/c19-10-1-3-11(4-2-10)27-12-5-6-15-14(7-12)16(24)22-17(21-15)23-9-13(8-20-23)28-18(25)26/h1-9H,(H,25,26)(H,21,22,24). The molecule has 0 bridgehead atoms. The second-order valence-electron chi connectivity index (χ2n) is 5.61. The Labute approximate surface area is 161 Å². The number of ether oxygens (including phenoxy) is 2. The van der Waals surface area contributed by atoms with Crippen LogP contribution in [0.3, 0.4) is 0 Å². The first-order valence-corrected chi connectivity index (χ1v) is 8.29. The molecule has 10 heteroatoms. The molecular formula is C18H11ClN4O5. The van der Waals surface area contributed by atoms with Crippen molar-refractivity contribution in [3.05, 3.63) is 70.2 Å². The average molecular weight is 399 g/mol. The SMILES string of the molecule is O=C(O)Oc1cnn(-c2nc3ccc(Oc4ccc(Cl)cc4)cc3c(=O)[nH]2)c1. The van der Waals surface area contributed by atoms with Gasteiger partial charge in [0, 0.05) is 5.02 Å². The molecule has 0 atom stereocenters. The van der Waals surface area contributed by atoms with Crippen molar-refractivity contribution in [2.45, 2.75) is 0 Å². The van der Waals surface area contributed by atoms with Crippen molar-refractivity contribution in [1.82, 2.24) is 19.7 Å². The monoisotopic (exact) mass is 398 g/mol. The summed E-state index contributed by atoms with van der Waals surface area (Å²) in [5.41, 5.74) is 0.0103. The van der Waals surface area contributed by atoms with Crippen LogP contribution in [0.25, 0.3) is 16.9 Å². The summed E-state index contributed by atoms with van der Waals surface area (Å²) < 4.78 is 11.4. The third-order valence-corrected chi connectivity index (χ3v) is 3.95. The molecule has 4 aromatic rings. The predicted octanol–water partition coefficient (Wildman–Crippen LogP) is 3.61. The van der Waals surface area contributed by atoms with Crippen LogP contribution < -0.4 is 15.0 Å². The minimum atomic E-state index is -1.47. The zero-order chi connectivity index (χ0) is 19.7. The summed E-state index contributed by atoms with van der Waals surface area (Å²) in [4.78, 5) is 30.0. The second kappa shape index (κ2) is 7.05. The van der Waals surface area contributed by atoms with E-state index in [4.69, 9.17) is 21.4 Å². The number of halogens is 1. The molecule has 2 aromatic heterocycles. The van der Waals surface area contributed by atoms with Crippen LogP contribution in [0.2, 0.25) is 5.02 Å². The highest BCUT2D eigenvalue weighted by molar-refractivity contribution is 6.30. The number of hydrogen-bond acceptors (Lipinski definition) is 6. The molecule has 0 radical (unpaired) electrons. The predicted molar refractivity (Wildman–Crippen MR) is 99.7 cm³/mol. The van der Waals surface area contributed by atoms with Crippen molar-refractivity contribution < 1.29 is 19.4 Å². The molecule has 4 rings (SSSR count). The molecule has 0 fully saturated rings. The topological polar surface area (TPSA) is 119 Å². The third-order valence-electron chi connectivity index (χ3n) is 3.69. The van der Waals surface area contributed by atoms with Crippen LogP contribution in [-0.4, -0.2) is 31.0 Å². The highest BCUT2D eigenvalue weighted by Crippen LogP contribution is 2.25. The second-order valence-corrected chi connectivity index (χ2v) is 6.05. The Morgan fingerprint density at radius 2 is 1.86 bits per heavy atom. The first-order valence-electron chi connectivity index (χ1n) is 7.91. The molecule has 2 aromatic carbocycles. The summed E-state index contributed by atoms with van der Waals surface area (Å²) in [6.45, 7) is 0.